The lowest BCUT2D eigenvalue weighted by Gasteiger charge is -2.38. The van der Waals surface area contributed by atoms with Gasteiger partial charge in [0.15, 0.2) is 17.4 Å². The molecule has 0 amide bonds. The average molecular weight is 804 g/mol. The molecule has 3 N–H and O–H groups in total. The Bertz CT molecular complexity index is 2260. The van der Waals surface area contributed by atoms with E-state index in [1.807, 2.05) is 4.90 Å². The van der Waals surface area contributed by atoms with Crippen LogP contribution in [0.25, 0.3) is 32.9 Å². The average Bonchev–Trinajstić information content (AvgIpc) is 3.81. The van der Waals surface area contributed by atoms with Gasteiger partial charge in [0.1, 0.15) is 43.8 Å². The smallest absolute Gasteiger partial charge is 0.319 e. The molecule has 4 aliphatic heterocycles. The van der Waals surface area contributed by atoms with Crippen molar-refractivity contribution >= 4 is 41.4 Å². The number of aromatic nitrogens is 3. The maximum atomic E-state index is 17.7. The molecule has 0 aliphatic carbocycles. The Morgan fingerprint density at radius 1 is 0.965 bits per heavy atom. The van der Waals surface area contributed by atoms with Gasteiger partial charge >= 0.3 is 6.01 Å². The number of nitrogens with zero attached hydrogens (tertiary/aromatic N) is 5. The van der Waals surface area contributed by atoms with E-state index in [1.54, 1.807) is 6.07 Å². The van der Waals surface area contributed by atoms with E-state index in [0.29, 0.717) is 31.4 Å². The van der Waals surface area contributed by atoms with Gasteiger partial charge in [0.25, 0.3) is 0 Å². The molecule has 0 radical (unpaired) electrons. The molecule has 8 rings (SSSR count). The minimum absolute atomic E-state index is 0.00140. The third-order valence-corrected chi connectivity index (χ3v) is 19.7. The zero-order valence-electron chi connectivity index (χ0n) is 33.9. The number of nitrogens with one attached hydrogen (secondary N) is 1. The van der Waals surface area contributed by atoms with Crippen molar-refractivity contribution in [3.8, 4) is 34.5 Å². The third-order valence-electron chi connectivity index (χ3n) is 13.4. The molecule has 0 saturated carbocycles. The molecule has 57 heavy (non-hydrogen) atoms. The second-order valence-electron chi connectivity index (χ2n) is 17.6. The molecule has 6 heterocycles. The van der Waals surface area contributed by atoms with Crippen LogP contribution in [0, 0.1) is 28.9 Å². The van der Waals surface area contributed by atoms with Crippen molar-refractivity contribution in [1.82, 2.24) is 25.2 Å². The van der Waals surface area contributed by atoms with Crippen LogP contribution in [-0.2, 0) is 0 Å². The van der Waals surface area contributed by atoms with Gasteiger partial charge in [-0.1, -0.05) is 53.5 Å². The molecule has 2 bridgehead atoms. The molecular weight excluding hydrogens is 751 g/mol. The SMILES string of the molecule is COc1c(F)c(-c2nc(N)cc3ccc(F)c(C#C[Si](C(C)C)(C(C)C)C(C)C)c23)c(F)c2nc(OC[C@@]34CCCN3C[C@H](F)C4)nc(N3CC4CCC(C3)N4)c12. The Kier molecular flexibility index (Phi) is 10.3. The first-order chi connectivity index (χ1) is 27.2. The summed E-state index contributed by atoms with van der Waals surface area (Å²) in [6.45, 7) is 15.3. The van der Waals surface area contributed by atoms with E-state index in [2.05, 4.69) is 73.2 Å². The van der Waals surface area contributed by atoms with Crippen molar-refractivity contribution in [3.63, 3.8) is 0 Å². The molecule has 4 fully saturated rings. The second-order valence-corrected chi connectivity index (χ2v) is 23.1. The van der Waals surface area contributed by atoms with E-state index < -0.39 is 42.8 Å². The molecule has 9 nitrogen and oxygen atoms in total. The molecule has 4 saturated heterocycles. The number of nitrogen functional groups attached to an aromatic ring is 1. The Morgan fingerprint density at radius 2 is 1.67 bits per heavy atom. The molecular formula is C43H53F4N7O2Si. The Hall–Kier alpha value is -4.19. The molecule has 2 aromatic heterocycles. The number of halogens is 4. The van der Waals surface area contributed by atoms with Gasteiger partial charge in [0.2, 0.25) is 0 Å². The summed E-state index contributed by atoms with van der Waals surface area (Å²) in [5, 5.41) is 4.22. The molecule has 0 spiro atoms. The van der Waals surface area contributed by atoms with E-state index >= 15 is 13.2 Å². The lowest BCUT2D eigenvalue weighted by atomic mass is 9.95. The molecule has 14 heteroatoms. The van der Waals surface area contributed by atoms with Gasteiger partial charge in [-0.2, -0.15) is 9.97 Å². The number of hydrogen-bond donors (Lipinski definition) is 2. The monoisotopic (exact) mass is 803 g/mol. The summed E-state index contributed by atoms with van der Waals surface area (Å²) in [7, 11) is -1.06. The molecule has 304 valence electrons. The lowest BCUT2D eigenvalue weighted by molar-refractivity contribution is 0.107. The molecule has 2 aromatic carbocycles. The van der Waals surface area contributed by atoms with Crippen LogP contribution in [0.1, 0.15) is 79.2 Å². The highest BCUT2D eigenvalue weighted by Gasteiger charge is 2.49. The fourth-order valence-electron chi connectivity index (χ4n) is 10.8. The summed E-state index contributed by atoms with van der Waals surface area (Å²) in [6, 6.07) is 4.61. The lowest BCUT2D eigenvalue weighted by Crippen LogP contribution is -2.51. The van der Waals surface area contributed by atoms with Crippen molar-refractivity contribution in [2.24, 2.45) is 0 Å². The number of fused-ring (bicyclic) bond motifs is 5. The quantitative estimate of drug-likeness (QED) is 0.0984. The summed E-state index contributed by atoms with van der Waals surface area (Å²) in [6.07, 6.45) is 2.97. The molecule has 4 atom stereocenters. The predicted octanol–water partition coefficient (Wildman–Crippen LogP) is 8.32. The van der Waals surface area contributed by atoms with Crippen LogP contribution in [0.4, 0.5) is 29.2 Å². The van der Waals surface area contributed by atoms with Crippen molar-refractivity contribution in [3.05, 3.63) is 41.2 Å². The number of hydrogen-bond acceptors (Lipinski definition) is 9. The first-order valence-electron chi connectivity index (χ1n) is 20.4. The summed E-state index contributed by atoms with van der Waals surface area (Å²) in [5.41, 5.74) is 9.15. The second kappa shape index (κ2) is 14.9. The highest BCUT2D eigenvalue weighted by molar-refractivity contribution is 6.90. The van der Waals surface area contributed by atoms with E-state index in [4.69, 9.17) is 20.2 Å². The van der Waals surface area contributed by atoms with Crippen molar-refractivity contribution < 1.29 is 27.0 Å². The van der Waals surface area contributed by atoms with Crippen molar-refractivity contribution in [2.45, 2.75) is 114 Å². The van der Waals surface area contributed by atoms with Crippen LogP contribution in [0.15, 0.2) is 18.2 Å². The number of alkyl halides is 1. The Morgan fingerprint density at radius 3 is 2.33 bits per heavy atom. The van der Waals surface area contributed by atoms with Gasteiger partial charge in [-0.05, 0) is 66.4 Å². The number of benzene rings is 2. The van der Waals surface area contributed by atoms with Gasteiger partial charge in [-0.15, -0.1) is 5.54 Å². The Labute approximate surface area is 333 Å². The number of rotatable bonds is 9. The maximum absolute atomic E-state index is 17.7. The fourth-order valence-corrected chi connectivity index (χ4v) is 16.0. The van der Waals surface area contributed by atoms with Gasteiger partial charge < -0.3 is 25.4 Å². The Balaban J connectivity index is 1.36. The summed E-state index contributed by atoms with van der Waals surface area (Å²) < 4.78 is 78.0. The fraction of sp³-hybridized carbons (Fsp3) is 0.558. The van der Waals surface area contributed by atoms with Gasteiger partial charge in [0, 0.05) is 43.5 Å². The molecule has 4 aromatic rings. The van der Waals surface area contributed by atoms with Crippen LogP contribution in [0.3, 0.4) is 0 Å². The first kappa shape index (κ1) is 39.6. The van der Waals surface area contributed by atoms with Gasteiger partial charge in [0.05, 0.1) is 34.9 Å². The first-order valence-corrected chi connectivity index (χ1v) is 22.6. The van der Waals surface area contributed by atoms with Crippen LogP contribution in [0.2, 0.25) is 16.6 Å². The maximum Gasteiger partial charge on any atom is 0.319 e. The van der Waals surface area contributed by atoms with E-state index in [9.17, 15) is 4.39 Å². The predicted molar refractivity (Wildman–Crippen MR) is 220 cm³/mol. The van der Waals surface area contributed by atoms with Gasteiger partial charge in [-0.25, -0.2) is 22.5 Å². The number of methoxy groups -OCH3 is 1. The summed E-state index contributed by atoms with van der Waals surface area (Å²) in [4.78, 5) is 18.1. The van der Waals surface area contributed by atoms with Crippen LogP contribution >= 0.6 is 0 Å². The van der Waals surface area contributed by atoms with E-state index in [1.165, 1.54) is 19.2 Å². The largest absolute Gasteiger partial charge is 0.493 e. The number of pyridine rings is 1. The van der Waals surface area contributed by atoms with Crippen LogP contribution in [0.5, 0.6) is 11.8 Å². The zero-order chi connectivity index (χ0) is 40.6. The third kappa shape index (κ3) is 6.58. The van der Waals surface area contributed by atoms with Crippen molar-refractivity contribution in [2.75, 3.05) is 50.5 Å². The van der Waals surface area contributed by atoms with Crippen molar-refractivity contribution in [1.29, 1.82) is 0 Å². The van der Waals surface area contributed by atoms with E-state index in [0.717, 1.165) is 32.2 Å². The summed E-state index contributed by atoms with van der Waals surface area (Å²) >= 11 is 0. The number of nitrogens with two attached hydrogens (primary N) is 1. The zero-order valence-corrected chi connectivity index (χ0v) is 34.9. The number of ether oxygens (including phenoxy) is 2. The highest BCUT2D eigenvalue weighted by Crippen LogP contribution is 2.47. The number of piperazine rings is 1. The highest BCUT2D eigenvalue weighted by atomic mass is 28.3. The standard InChI is InChI=1S/C43H53F4N7O2Si/c1-23(2)57(24(3)4,25(5)6)16-13-30-31(45)12-9-26-17-32(48)50-38(33(26)30)34-36(46)39-35(40(55-7)37(34)47)41(53-20-28-10-11-29(21-53)49-28)52-42(51-39)56-22-43-14-8-15-54(43)19-27(44)18-43/h9,12,17,23-25,27-29,49H,8,10-11,14-15,18-22H2,1-7H3,(H2,48,50)/t27-,28?,29?,43+/m1/s1. The number of anilines is 2. The molecule has 2 unspecified atom stereocenters. The minimum atomic E-state index is -2.37. The van der Waals surface area contributed by atoms with Crippen LogP contribution < -0.4 is 25.4 Å². The normalized spacial score (nSPS) is 23.6. The van der Waals surface area contributed by atoms with Gasteiger partial charge in [-0.3, -0.25) is 4.90 Å². The summed E-state index contributed by atoms with van der Waals surface area (Å²) in [5.74, 6) is 0.478. The topological polar surface area (TPSA) is 102 Å². The molecule has 4 aliphatic rings. The minimum Gasteiger partial charge on any atom is -0.493 e. The van der Waals surface area contributed by atoms with E-state index in [-0.39, 0.29) is 86.3 Å². The van der Waals surface area contributed by atoms with Crippen LogP contribution in [-0.4, -0.2) is 91.6 Å².